The smallest absolute Gasteiger partial charge is 0.0314 e. The highest BCUT2D eigenvalue weighted by Crippen LogP contribution is 2.21. The van der Waals surface area contributed by atoms with Gasteiger partial charge in [-0.15, -0.1) is 0 Å². The lowest BCUT2D eigenvalue weighted by molar-refractivity contribution is 1.33. The molecule has 4 heteroatoms. The minimum Gasteiger partial charge on any atom is -0.399 e. The Morgan fingerprint density at radius 3 is 0.867 bits per heavy atom. The summed E-state index contributed by atoms with van der Waals surface area (Å²) in [6.45, 7) is 8.00. The molecule has 4 N–H and O–H groups in total. The van der Waals surface area contributed by atoms with Crippen molar-refractivity contribution in [2.24, 2.45) is 0 Å². The highest BCUT2D eigenvalue weighted by molar-refractivity contribution is 5.67. The summed E-state index contributed by atoms with van der Waals surface area (Å²) in [5.74, 6) is 0. The van der Waals surface area contributed by atoms with E-state index in [9.17, 15) is 0 Å². The molecule has 0 radical (unpaired) electrons. The molecule has 2 aromatic carbocycles. The molecule has 0 aliphatic rings. The lowest BCUT2D eigenvalue weighted by Crippen LogP contribution is -1.85. The predicted octanol–water partition coefficient (Wildman–Crippen LogP) is 6.73. The molecule has 4 nitrogen and oxygen atoms in total. The van der Waals surface area contributed by atoms with Gasteiger partial charge in [-0.1, -0.05) is 64.1 Å². The lowest BCUT2D eigenvalue weighted by atomic mass is 10.1. The fourth-order valence-corrected chi connectivity index (χ4v) is 1.98. The van der Waals surface area contributed by atoms with Crippen LogP contribution in [0.15, 0.2) is 110 Å². The number of benzene rings is 2. The molecule has 2 heterocycles. The second kappa shape index (κ2) is 18.7. The maximum absolute atomic E-state index is 5.61. The van der Waals surface area contributed by atoms with Crippen LogP contribution in [0.25, 0.3) is 11.1 Å². The molecule has 2 aromatic heterocycles. The van der Waals surface area contributed by atoms with Gasteiger partial charge in [0.25, 0.3) is 0 Å². The van der Waals surface area contributed by atoms with E-state index in [4.69, 9.17) is 11.5 Å². The number of rotatable bonds is 1. The second-order valence-corrected chi connectivity index (χ2v) is 5.29. The van der Waals surface area contributed by atoms with E-state index in [1.165, 1.54) is 0 Å². The molecule has 0 atom stereocenters. The van der Waals surface area contributed by atoms with Crippen LogP contribution in [-0.2, 0) is 0 Å². The van der Waals surface area contributed by atoms with E-state index in [-0.39, 0.29) is 0 Å². The molecule has 30 heavy (non-hydrogen) atoms. The van der Waals surface area contributed by atoms with Gasteiger partial charge >= 0.3 is 0 Å². The molecule has 158 valence electrons. The van der Waals surface area contributed by atoms with Crippen LogP contribution in [0.4, 0.5) is 11.4 Å². The van der Waals surface area contributed by atoms with Gasteiger partial charge in [-0.05, 0) is 59.7 Å². The Labute approximate surface area is 181 Å². The Balaban J connectivity index is 0.000000438. The van der Waals surface area contributed by atoms with Crippen molar-refractivity contribution in [1.29, 1.82) is 0 Å². The van der Waals surface area contributed by atoms with Crippen LogP contribution in [0, 0.1) is 0 Å². The van der Waals surface area contributed by atoms with E-state index in [2.05, 4.69) is 9.97 Å². The number of aromatic nitrogens is 2. The van der Waals surface area contributed by atoms with Gasteiger partial charge in [-0.3, -0.25) is 9.97 Å². The molecule has 0 bridgehead atoms. The third kappa shape index (κ3) is 12.7. The summed E-state index contributed by atoms with van der Waals surface area (Å²) in [6.07, 6.45) is 7.00. The fraction of sp³-hybridized carbons (Fsp3) is 0.154. The van der Waals surface area contributed by atoms with Crippen LogP contribution < -0.4 is 11.5 Å². The number of pyridine rings is 2. The van der Waals surface area contributed by atoms with Crippen LogP contribution in [0.3, 0.4) is 0 Å². The van der Waals surface area contributed by atoms with Gasteiger partial charge in [0, 0.05) is 36.2 Å². The topological polar surface area (TPSA) is 77.8 Å². The van der Waals surface area contributed by atoms with E-state index < -0.39 is 0 Å². The monoisotopic (exact) mass is 402 g/mol. The second-order valence-electron chi connectivity index (χ2n) is 5.29. The van der Waals surface area contributed by atoms with Crippen molar-refractivity contribution in [3.63, 3.8) is 0 Å². The lowest BCUT2D eigenvalue weighted by Gasteiger charge is -2.02. The van der Waals surface area contributed by atoms with Crippen molar-refractivity contribution in [2.75, 3.05) is 11.5 Å². The molecular weight excluding hydrogens is 368 g/mol. The number of nitrogen functional groups attached to an aromatic ring is 2. The SMILES string of the molecule is CC.CC.Nc1ccc(-c2ccc(N)cc2)cc1.c1ccncc1.c1ccncc1. The molecule has 0 aliphatic carbocycles. The Kier molecular flexibility index (Phi) is 16.4. The average molecular weight is 403 g/mol. The van der Waals surface area contributed by atoms with Crippen molar-refractivity contribution in [1.82, 2.24) is 9.97 Å². The van der Waals surface area contributed by atoms with Gasteiger partial charge in [-0.2, -0.15) is 0 Å². The highest BCUT2D eigenvalue weighted by atomic mass is 14.6. The molecule has 0 saturated heterocycles. The number of nitrogens with two attached hydrogens (primary N) is 2. The molecule has 0 spiro atoms. The van der Waals surface area contributed by atoms with Gasteiger partial charge in [0.05, 0.1) is 0 Å². The Morgan fingerprint density at radius 1 is 0.433 bits per heavy atom. The van der Waals surface area contributed by atoms with Crippen molar-refractivity contribution in [3.05, 3.63) is 110 Å². The molecule has 4 aromatic rings. The van der Waals surface area contributed by atoms with Crippen molar-refractivity contribution >= 4 is 11.4 Å². The van der Waals surface area contributed by atoms with E-state index in [0.29, 0.717) is 0 Å². The summed E-state index contributed by atoms with van der Waals surface area (Å²) >= 11 is 0. The van der Waals surface area contributed by atoms with E-state index in [0.717, 1.165) is 22.5 Å². The number of nitrogens with zero attached hydrogens (tertiary/aromatic N) is 2. The number of anilines is 2. The summed E-state index contributed by atoms with van der Waals surface area (Å²) in [5, 5.41) is 0. The van der Waals surface area contributed by atoms with Crippen LogP contribution in [0.1, 0.15) is 27.7 Å². The number of hydrogen-bond donors (Lipinski definition) is 2. The summed E-state index contributed by atoms with van der Waals surface area (Å²) < 4.78 is 0. The van der Waals surface area contributed by atoms with Crippen molar-refractivity contribution in [3.8, 4) is 11.1 Å². The minimum atomic E-state index is 0.782. The minimum absolute atomic E-state index is 0.782. The van der Waals surface area contributed by atoms with Crippen LogP contribution in [-0.4, -0.2) is 9.97 Å². The van der Waals surface area contributed by atoms with Crippen LogP contribution in [0.5, 0.6) is 0 Å². The van der Waals surface area contributed by atoms with Gasteiger partial charge in [-0.25, -0.2) is 0 Å². The van der Waals surface area contributed by atoms with Gasteiger partial charge in [0.1, 0.15) is 0 Å². The van der Waals surface area contributed by atoms with Gasteiger partial charge in [0.2, 0.25) is 0 Å². The molecule has 0 saturated carbocycles. The zero-order valence-electron chi connectivity index (χ0n) is 18.4. The van der Waals surface area contributed by atoms with Gasteiger partial charge < -0.3 is 11.5 Å². The molecule has 0 fully saturated rings. The van der Waals surface area contributed by atoms with Gasteiger partial charge in [0.15, 0.2) is 0 Å². The molecule has 4 rings (SSSR count). The van der Waals surface area contributed by atoms with Crippen molar-refractivity contribution in [2.45, 2.75) is 27.7 Å². The average Bonchev–Trinajstić information content (AvgIpc) is 2.86. The highest BCUT2D eigenvalue weighted by Gasteiger charge is 1.95. The summed E-state index contributed by atoms with van der Waals surface area (Å²) in [7, 11) is 0. The summed E-state index contributed by atoms with van der Waals surface area (Å²) in [4.78, 5) is 7.57. The Bertz CT molecular complexity index is 703. The zero-order valence-corrected chi connectivity index (χ0v) is 18.4. The third-order valence-corrected chi connectivity index (χ3v) is 3.29. The maximum Gasteiger partial charge on any atom is 0.0314 e. The predicted molar refractivity (Wildman–Crippen MR) is 132 cm³/mol. The molecule has 0 unspecified atom stereocenters. The van der Waals surface area contributed by atoms with Crippen LogP contribution >= 0.6 is 0 Å². The van der Waals surface area contributed by atoms with E-state index >= 15 is 0 Å². The molecule has 0 amide bonds. The largest absolute Gasteiger partial charge is 0.399 e. The third-order valence-electron chi connectivity index (χ3n) is 3.29. The first-order chi connectivity index (χ1) is 14.8. The first-order valence-electron chi connectivity index (χ1n) is 10.2. The summed E-state index contributed by atoms with van der Waals surface area (Å²) in [6, 6.07) is 27.0. The quantitative estimate of drug-likeness (QED) is 0.346. The molecule has 0 aliphatic heterocycles. The first-order valence-corrected chi connectivity index (χ1v) is 10.2. The van der Waals surface area contributed by atoms with E-state index in [1.807, 2.05) is 113 Å². The summed E-state index contributed by atoms with van der Waals surface area (Å²) in [5.41, 5.74) is 15.1. The number of hydrogen-bond acceptors (Lipinski definition) is 4. The van der Waals surface area contributed by atoms with Crippen molar-refractivity contribution < 1.29 is 0 Å². The first kappa shape index (κ1) is 26.3. The fourth-order valence-electron chi connectivity index (χ4n) is 1.98. The van der Waals surface area contributed by atoms with E-state index in [1.54, 1.807) is 24.8 Å². The molecular formula is C26H34N4. The standard InChI is InChI=1S/C12H12N2.2C5H5N.2C2H6/c13-11-5-1-9(2-6-11)10-3-7-12(14)8-4-10;2*1-2-4-6-5-3-1;2*1-2/h1-8H,13-14H2;2*1-5H;2*1-2H3. The maximum atomic E-state index is 5.61. The Morgan fingerprint density at radius 2 is 0.700 bits per heavy atom. The normalized spacial score (nSPS) is 8.27. The van der Waals surface area contributed by atoms with Crippen LogP contribution in [0.2, 0.25) is 0 Å². The zero-order chi connectivity index (χ0) is 22.5. The Hall–Kier alpha value is -3.66.